The zero-order chi connectivity index (χ0) is 23.8. The maximum atomic E-state index is 3.27. The van der Waals surface area contributed by atoms with Gasteiger partial charge in [-0.15, -0.1) is 0 Å². The molecule has 6 rings (SSSR count). The Hall–Kier alpha value is -0.0400. The number of hydrogen-bond acceptors (Lipinski definition) is 1. The summed E-state index contributed by atoms with van der Waals surface area (Å²) in [6.07, 6.45) is 32.5. The summed E-state index contributed by atoms with van der Waals surface area (Å²) in [6, 6.07) is 2.78. The van der Waals surface area contributed by atoms with Crippen LogP contribution in [0, 0.1) is 47.3 Å². The fourth-order valence-corrected chi connectivity index (χ4v) is 11.2. The van der Waals surface area contributed by atoms with Crippen molar-refractivity contribution in [3.8, 4) is 0 Å². The van der Waals surface area contributed by atoms with Gasteiger partial charge in [0.25, 0.3) is 0 Å². The zero-order valence-electron chi connectivity index (χ0n) is 23.6. The minimum Gasteiger partial charge on any atom is -0.294 e. The van der Waals surface area contributed by atoms with Crippen molar-refractivity contribution in [1.82, 2.24) is 4.90 Å². The van der Waals surface area contributed by atoms with E-state index in [1.807, 2.05) is 0 Å². The lowest BCUT2D eigenvalue weighted by Gasteiger charge is -2.51. The first-order chi connectivity index (χ1) is 17.2. The van der Waals surface area contributed by atoms with E-state index in [1.54, 1.807) is 64.2 Å². The van der Waals surface area contributed by atoms with Crippen LogP contribution in [0.3, 0.4) is 0 Å². The molecule has 0 aliphatic heterocycles. The van der Waals surface area contributed by atoms with Gasteiger partial charge in [-0.25, -0.2) is 0 Å². The van der Waals surface area contributed by atoms with E-state index < -0.39 is 0 Å². The molecule has 0 N–H and O–H groups in total. The molecule has 6 aliphatic carbocycles. The average molecular weight is 482 g/mol. The molecule has 6 unspecified atom stereocenters. The first-order valence-corrected chi connectivity index (χ1v) is 16.9. The maximum absolute atomic E-state index is 3.27. The van der Waals surface area contributed by atoms with Crippen molar-refractivity contribution in [2.45, 2.75) is 167 Å². The Morgan fingerprint density at radius 2 is 0.971 bits per heavy atom. The molecule has 1 nitrogen and oxygen atoms in total. The molecule has 0 heterocycles. The summed E-state index contributed by atoms with van der Waals surface area (Å²) in [4.78, 5) is 3.27. The molecule has 0 amide bonds. The van der Waals surface area contributed by atoms with E-state index in [0.717, 1.165) is 65.5 Å². The molecule has 6 fully saturated rings. The highest BCUT2D eigenvalue weighted by molar-refractivity contribution is 5.04. The van der Waals surface area contributed by atoms with Gasteiger partial charge in [0.1, 0.15) is 0 Å². The van der Waals surface area contributed by atoms with Gasteiger partial charge in [-0.3, -0.25) is 4.90 Å². The lowest BCUT2D eigenvalue weighted by molar-refractivity contribution is -0.0123. The fourth-order valence-electron chi connectivity index (χ4n) is 11.2. The molecule has 6 saturated carbocycles. The van der Waals surface area contributed by atoms with E-state index in [1.165, 1.54) is 70.6 Å². The van der Waals surface area contributed by atoms with E-state index in [4.69, 9.17) is 0 Å². The Bertz CT molecular complexity index is 628. The number of hydrogen-bond donors (Lipinski definition) is 0. The predicted octanol–water partition coefficient (Wildman–Crippen LogP) is 9.64. The van der Waals surface area contributed by atoms with Gasteiger partial charge in [0.15, 0.2) is 0 Å². The molecule has 0 aromatic carbocycles. The van der Waals surface area contributed by atoms with Crippen molar-refractivity contribution in [3.05, 3.63) is 0 Å². The van der Waals surface area contributed by atoms with Gasteiger partial charge in [0.2, 0.25) is 0 Å². The smallest absolute Gasteiger partial charge is 0.0104 e. The number of nitrogens with zero attached hydrogens (tertiary/aromatic N) is 1. The third-order valence-electron chi connectivity index (χ3n) is 13.0. The van der Waals surface area contributed by atoms with E-state index >= 15 is 0 Å². The van der Waals surface area contributed by atoms with Crippen LogP contribution in [0.1, 0.15) is 149 Å². The van der Waals surface area contributed by atoms with E-state index in [0.29, 0.717) is 0 Å². The van der Waals surface area contributed by atoms with E-state index in [9.17, 15) is 0 Å². The molecular formula is C34H59N. The molecular weight excluding hydrogens is 422 g/mol. The molecule has 0 radical (unpaired) electrons. The van der Waals surface area contributed by atoms with Crippen LogP contribution in [0.25, 0.3) is 0 Å². The SMILES string of the molecule is CC1CCC(N(C2CCC(C)CC2)C2CCC3C4CCCCC4C(CC4CCCCC4)C3C2)CC1. The minimum atomic E-state index is 0.923. The van der Waals surface area contributed by atoms with Crippen molar-refractivity contribution in [1.29, 1.82) is 0 Å². The van der Waals surface area contributed by atoms with Gasteiger partial charge in [0, 0.05) is 18.1 Å². The van der Waals surface area contributed by atoms with Gasteiger partial charge < -0.3 is 0 Å². The molecule has 1 heteroatoms. The largest absolute Gasteiger partial charge is 0.294 e. The van der Waals surface area contributed by atoms with Crippen LogP contribution in [-0.4, -0.2) is 23.0 Å². The summed E-state index contributed by atoms with van der Waals surface area (Å²) in [6.45, 7) is 5.04. The molecule has 0 saturated heterocycles. The highest BCUT2D eigenvalue weighted by Gasteiger charge is 2.53. The normalized spacial score (nSPS) is 47.4. The Kier molecular flexibility index (Phi) is 8.20. The van der Waals surface area contributed by atoms with E-state index in [2.05, 4.69) is 18.7 Å². The Morgan fingerprint density at radius 1 is 0.457 bits per heavy atom. The third kappa shape index (κ3) is 5.43. The molecule has 0 aromatic rings. The van der Waals surface area contributed by atoms with Gasteiger partial charge >= 0.3 is 0 Å². The third-order valence-corrected chi connectivity index (χ3v) is 13.0. The van der Waals surface area contributed by atoms with Gasteiger partial charge in [0.05, 0.1) is 0 Å². The van der Waals surface area contributed by atoms with Gasteiger partial charge in [-0.2, -0.15) is 0 Å². The summed E-state index contributed by atoms with van der Waals surface area (Å²) < 4.78 is 0. The highest BCUT2D eigenvalue weighted by atomic mass is 15.2. The second-order valence-corrected chi connectivity index (χ2v) is 15.1. The summed E-state index contributed by atoms with van der Waals surface area (Å²) in [7, 11) is 0. The maximum Gasteiger partial charge on any atom is 0.0104 e. The lowest BCUT2D eigenvalue weighted by atomic mass is 9.69. The average Bonchev–Trinajstić information content (AvgIpc) is 3.20. The topological polar surface area (TPSA) is 3.24 Å². The predicted molar refractivity (Wildman–Crippen MR) is 149 cm³/mol. The second-order valence-electron chi connectivity index (χ2n) is 15.1. The van der Waals surface area contributed by atoms with Crippen LogP contribution in [0.4, 0.5) is 0 Å². The summed E-state index contributed by atoms with van der Waals surface area (Å²) >= 11 is 0. The van der Waals surface area contributed by atoms with Crippen molar-refractivity contribution >= 4 is 0 Å². The van der Waals surface area contributed by atoms with E-state index in [-0.39, 0.29) is 0 Å². The summed E-state index contributed by atoms with van der Waals surface area (Å²) in [5.41, 5.74) is 0. The number of fused-ring (bicyclic) bond motifs is 3. The molecule has 0 bridgehead atoms. The van der Waals surface area contributed by atoms with Crippen LogP contribution in [0.2, 0.25) is 0 Å². The Labute approximate surface area is 219 Å². The molecule has 6 aliphatic rings. The molecule has 35 heavy (non-hydrogen) atoms. The van der Waals surface area contributed by atoms with Gasteiger partial charge in [-0.05, 0) is 137 Å². The minimum absolute atomic E-state index is 0.923. The molecule has 200 valence electrons. The molecule has 0 spiro atoms. The first kappa shape index (κ1) is 25.2. The van der Waals surface area contributed by atoms with Crippen LogP contribution >= 0.6 is 0 Å². The second kappa shape index (κ2) is 11.4. The van der Waals surface area contributed by atoms with Crippen molar-refractivity contribution < 1.29 is 0 Å². The van der Waals surface area contributed by atoms with Crippen molar-refractivity contribution in [3.63, 3.8) is 0 Å². The molecule has 0 aromatic heterocycles. The monoisotopic (exact) mass is 481 g/mol. The number of rotatable bonds is 5. The zero-order valence-corrected chi connectivity index (χ0v) is 23.6. The van der Waals surface area contributed by atoms with Crippen LogP contribution in [0.5, 0.6) is 0 Å². The standard InChI is InChI=1S/C34H59N/c1-24-12-16-27(17-13-24)35(28-18-14-25(2)15-19-28)29-20-21-32-30-10-6-7-11-31(30)33(34(32)23-29)22-26-8-4-3-5-9-26/h24-34H,3-23H2,1-2H3. The Morgan fingerprint density at radius 3 is 1.60 bits per heavy atom. The quantitative estimate of drug-likeness (QED) is 0.378. The fraction of sp³-hybridized carbons (Fsp3) is 1.00. The van der Waals surface area contributed by atoms with Crippen LogP contribution in [0.15, 0.2) is 0 Å². The summed E-state index contributed by atoms with van der Waals surface area (Å²) in [5.74, 6) is 8.62. The Balaban J connectivity index is 1.21. The van der Waals surface area contributed by atoms with Gasteiger partial charge in [-0.1, -0.05) is 58.8 Å². The summed E-state index contributed by atoms with van der Waals surface area (Å²) in [5, 5.41) is 0. The lowest BCUT2D eigenvalue weighted by Crippen LogP contribution is -2.53. The van der Waals surface area contributed by atoms with Crippen molar-refractivity contribution in [2.24, 2.45) is 47.3 Å². The van der Waals surface area contributed by atoms with Crippen LogP contribution < -0.4 is 0 Å². The first-order valence-electron chi connectivity index (χ1n) is 16.9. The van der Waals surface area contributed by atoms with Crippen molar-refractivity contribution in [2.75, 3.05) is 0 Å². The molecule has 6 atom stereocenters. The van der Waals surface area contributed by atoms with Crippen LogP contribution in [-0.2, 0) is 0 Å². The highest BCUT2D eigenvalue weighted by Crippen LogP contribution is 2.60.